The molecule has 0 radical (unpaired) electrons. The first kappa shape index (κ1) is 18.6. The summed E-state index contributed by atoms with van der Waals surface area (Å²) in [5, 5.41) is 14.3. The summed E-state index contributed by atoms with van der Waals surface area (Å²) in [5.74, 6) is 0.118. The number of nitro groups is 1. The van der Waals surface area contributed by atoms with E-state index in [1.54, 1.807) is 0 Å². The summed E-state index contributed by atoms with van der Waals surface area (Å²) in [6.07, 6.45) is -4.49. The average Bonchev–Trinajstić information content (AvgIpc) is 3.09. The second-order valence-electron chi connectivity index (χ2n) is 5.25. The van der Waals surface area contributed by atoms with Gasteiger partial charge in [-0.2, -0.15) is 18.2 Å². The molecule has 0 unspecified atom stereocenters. The van der Waals surface area contributed by atoms with Gasteiger partial charge in [-0.05, 0) is 18.2 Å². The fourth-order valence-electron chi connectivity index (χ4n) is 2.13. The SMILES string of the molecule is O=[N+]([O-])c1ccc(OCc2nc(-c3cccc(C(F)(F)F)c3)no2)c(Cl)c1. The van der Waals surface area contributed by atoms with E-state index in [2.05, 4.69) is 10.1 Å². The van der Waals surface area contributed by atoms with Crippen LogP contribution in [0.2, 0.25) is 5.02 Å². The highest BCUT2D eigenvalue weighted by molar-refractivity contribution is 6.32. The summed E-state index contributed by atoms with van der Waals surface area (Å²) < 4.78 is 48.6. The van der Waals surface area contributed by atoms with Crippen molar-refractivity contribution in [3.05, 3.63) is 69.1 Å². The normalized spacial score (nSPS) is 11.4. The Morgan fingerprint density at radius 2 is 2.00 bits per heavy atom. The molecule has 1 heterocycles. The molecule has 11 heteroatoms. The molecule has 2 aromatic carbocycles. The van der Waals surface area contributed by atoms with Crippen LogP contribution in [0.25, 0.3) is 11.4 Å². The minimum atomic E-state index is -4.49. The van der Waals surface area contributed by atoms with Gasteiger partial charge in [0.25, 0.3) is 11.6 Å². The van der Waals surface area contributed by atoms with Crippen LogP contribution in [0.5, 0.6) is 5.75 Å². The van der Waals surface area contributed by atoms with Crippen LogP contribution in [-0.4, -0.2) is 15.1 Å². The van der Waals surface area contributed by atoms with Crippen LogP contribution in [0.3, 0.4) is 0 Å². The van der Waals surface area contributed by atoms with Crippen molar-refractivity contribution in [2.45, 2.75) is 12.8 Å². The van der Waals surface area contributed by atoms with Gasteiger partial charge in [0.2, 0.25) is 5.82 Å². The monoisotopic (exact) mass is 399 g/mol. The van der Waals surface area contributed by atoms with Gasteiger partial charge in [0.05, 0.1) is 15.5 Å². The van der Waals surface area contributed by atoms with E-state index in [0.29, 0.717) is 0 Å². The number of halogens is 4. The average molecular weight is 400 g/mol. The molecule has 0 spiro atoms. The first-order valence-corrected chi connectivity index (χ1v) is 7.69. The Morgan fingerprint density at radius 1 is 1.22 bits per heavy atom. The lowest BCUT2D eigenvalue weighted by molar-refractivity contribution is -0.384. The Kier molecular flexibility index (Phi) is 5.00. The molecule has 3 rings (SSSR count). The molecule has 0 amide bonds. The highest BCUT2D eigenvalue weighted by Crippen LogP contribution is 2.32. The van der Waals surface area contributed by atoms with Crippen LogP contribution in [0.1, 0.15) is 11.5 Å². The fraction of sp³-hybridized carbons (Fsp3) is 0.125. The van der Waals surface area contributed by atoms with E-state index in [1.807, 2.05) is 0 Å². The Balaban J connectivity index is 1.73. The van der Waals surface area contributed by atoms with E-state index in [0.717, 1.165) is 18.2 Å². The summed E-state index contributed by atoms with van der Waals surface area (Å²) in [5.41, 5.74) is -0.898. The van der Waals surface area contributed by atoms with Gasteiger partial charge in [-0.15, -0.1) is 0 Å². The van der Waals surface area contributed by atoms with Crippen LogP contribution in [-0.2, 0) is 12.8 Å². The molecule has 0 aliphatic rings. The van der Waals surface area contributed by atoms with Crippen molar-refractivity contribution in [2.24, 2.45) is 0 Å². The number of nitrogens with zero attached hydrogens (tertiary/aromatic N) is 3. The van der Waals surface area contributed by atoms with E-state index in [4.69, 9.17) is 20.9 Å². The van der Waals surface area contributed by atoms with Crippen LogP contribution in [0.4, 0.5) is 18.9 Å². The van der Waals surface area contributed by atoms with Crippen molar-refractivity contribution in [3.63, 3.8) is 0 Å². The Hall–Kier alpha value is -3.14. The summed E-state index contributed by atoms with van der Waals surface area (Å²) in [7, 11) is 0. The molecule has 0 fully saturated rings. The maximum Gasteiger partial charge on any atom is 0.416 e. The molecule has 7 nitrogen and oxygen atoms in total. The lowest BCUT2D eigenvalue weighted by Crippen LogP contribution is -2.04. The van der Waals surface area contributed by atoms with Gasteiger partial charge in [0.1, 0.15) is 5.75 Å². The molecule has 1 aromatic heterocycles. The number of alkyl halides is 3. The van der Waals surface area contributed by atoms with Crippen molar-refractivity contribution < 1.29 is 27.4 Å². The number of ether oxygens (including phenoxy) is 1. The van der Waals surface area contributed by atoms with Gasteiger partial charge >= 0.3 is 6.18 Å². The third-order valence-corrected chi connectivity index (χ3v) is 3.69. The molecule has 0 aliphatic carbocycles. The van der Waals surface area contributed by atoms with Crippen LogP contribution < -0.4 is 4.74 Å². The molecule has 0 N–H and O–H groups in total. The second-order valence-corrected chi connectivity index (χ2v) is 5.66. The number of nitro benzene ring substituents is 1. The van der Waals surface area contributed by atoms with Crippen molar-refractivity contribution in [3.8, 4) is 17.1 Å². The second kappa shape index (κ2) is 7.23. The smallest absolute Gasteiger partial charge is 0.416 e. The van der Waals surface area contributed by atoms with Crippen LogP contribution in [0, 0.1) is 10.1 Å². The van der Waals surface area contributed by atoms with Crippen molar-refractivity contribution in [2.75, 3.05) is 0 Å². The van der Waals surface area contributed by atoms with Gasteiger partial charge in [0.15, 0.2) is 6.61 Å². The van der Waals surface area contributed by atoms with Gasteiger partial charge in [-0.3, -0.25) is 10.1 Å². The van der Waals surface area contributed by atoms with Gasteiger partial charge in [-0.1, -0.05) is 28.9 Å². The van der Waals surface area contributed by atoms with Gasteiger partial charge < -0.3 is 9.26 Å². The summed E-state index contributed by atoms with van der Waals surface area (Å²) in [4.78, 5) is 14.0. The summed E-state index contributed by atoms with van der Waals surface area (Å²) >= 11 is 5.90. The number of aromatic nitrogens is 2. The molecule has 0 saturated carbocycles. The standard InChI is InChI=1S/C16H9ClF3N3O4/c17-12-7-11(23(24)25)4-5-13(12)26-8-14-21-15(22-27-14)9-2-1-3-10(6-9)16(18,19)20/h1-7H,8H2. The fourth-order valence-corrected chi connectivity index (χ4v) is 2.35. The molecule has 0 aliphatic heterocycles. The lowest BCUT2D eigenvalue weighted by Gasteiger charge is -2.06. The third-order valence-electron chi connectivity index (χ3n) is 3.39. The highest BCUT2D eigenvalue weighted by Gasteiger charge is 2.30. The molecule has 140 valence electrons. The zero-order valence-corrected chi connectivity index (χ0v) is 14.0. The zero-order valence-electron chi connectivity index (χ0n) is 13.2. The van der Waals surface area contributed by atoms with E-state index >= 15 is 0 Å². The number of rotatable bonds is 5. The predicted molar refractivity (Wildman–Crippen MR) is 87.2 cm³/mol. The highest BCUT2D eigenvalue weighted by atomic mass is 35.5. The minimum Gasteiger partial charge on any atom is -0.482 e. The van der Waals surface area contributed by atoms with Gasteiger partial charge in [-0.25, -0.2) is 0 Å². The predicted octanol–water partition coefficient (Wildman–Crippen LogP) is 4.90. The summed E-state index contributed by atoms with van der Waals surface area (Å²) in [6.45, 7) is -0.219. The maximum atomic E-state index is 12.8. The van der Waals surface area contributed by atoms with Crippen LogP contribution >= 0.6 is 11.6 Å². The molecule has 0 atom stereocenters. The van der Waals surface area contributed by atoms with E-state index < -0.39 is 16.7 Å². The Labute approximate surface area is 154 Å². The number of non-ortho nitro benzene ring substituents is 1. The quantitative estimate of drug-likeness (QED) is 0.448. The van der Waals surface area contributed by atoms with Crippen molar-refractivity contribution >= 4 is 17.3 Å². The largest absolute Gasteiger partial charge is 0.482 e. The number of benzene rings is 2. The molecular weight excluding hydrogens is 391 g/mol. The van der Waals surface area contributed by atoms with E-state index in [9.17, 15) is 23.3 Å². The molecular formula is C16H9ClF3N3O4. The lowest BCUT2D eigenvalue weighted by atomic mass is 10.1. The first-order chi connectivity index (χ1) is 12.7. The topological polar surface area (TPSA) is 91.3 Å². The zero-order chi connectivity index (χ0) is 19.6. The Bertz CT molecular complexity index is 991. The third kappa shape index (κ3) is 4.34. The molecule has 0 saturated heterocycles. The first-order valence-electron chi connectivity index (χ1n) is 7.31. The number of hydrogen-bond donors (Lipinski definition) is 0. The van der Waals surface area contributed by atoms with Crippen LogP contribution in [0.15, 0.2) is 47.0 Å². The maximum absolute atomic E-state index is 12.8. The van der Waals surface area contributed by atoms with E-state index in [1.165, 1.54) is 24.3 Å². The van der Waals surface area contributed by atoms with Crippen molar-refractivity contribution in [1.82, 2.24) is 10.1 Å². The summed E-state index contributed by atoms with van der Waals surface area (Å²) in [6, 6.07) is 8.14. The molecule has 3 aromatic rings. The van der Waals surface area contributed by atoms with Crippen molar-refractivity contribution in [1.29, 1.82) is 0 Å². The Morgan fingerprint density at radius 3 is 2.67 bits per heavy atom. The van der Waals surface area contributed by atoms with Gasteiger partial charge in [0, 0.05) is 17.7 Å². The molecule has 27 heavy (non-hydrogen) atoms. The van der Waals surface area contributed by atoms with E-state index in [-0.39, 0.29) is 40.3 Å². The number of hydrogen-bond acceptors (Lipinski definition) is 6. The minimum absolute atomic E-state index is 0.00293. The molecule has 0 bridgehead atoms.